The molecule has 0 saturated carbocycles. The van der Waals surface area contributed by atoms with Crippen LogP contribution in [0.4, 0.5) is 0 Å². The lowest BCUT2D eigenvalue weighted by molar-refractivity contribution is -0.281. The molecule has 0 aliphatic rings. The van der Waals surface area contributed by atoms with Crippen molar-refractivity contribution in [1.82, 2.24) is 5.23 Å². The van der Waals surface area contributed by atoms with Crippen LogP contribution in [0.5, 0.6) is 0 Å². The van der Waals surface area contributed by atoms with Crippen molar-refractivity contribution in [2.45, 2.75) is 26.7 Å². The number of nitrogens with zero attached hydrogens (tertiary/aromatic N) is 1. The van der Waals surface area contributed by atoms with Gasteiger partial charge in [-0.1, -0.05) is 24.6 Å². The molecule has 4 heteroatoms. The van der Waals surface area contributed by atoms with E-state index in [2.05, 4.69) is 0 Å². The molecule has 2 N–H and O–H groups in total. The molecule has 0 bridgehead atoms. The SMILES string of the molecule is C/C=C(/CCC)C(=O)N(O)O. The normalized spacial score (nSPS) is 11.5. The Bertz CT molecular complexity index is 163. The minimum Gasteiger partial charge on any atom is -0.265 e. The molecule has 64 valence electrons. The summed E-state index contributed by atoms with van der Waals surface area (Å²) < 4.78 is 0. The predicted molar refractivity (Wildman–Crippen MR) is 39.1 cm³/mol. The first-order valence-corrected chi connectivity index (χ1v) is 3.50. The molecule has 4 nitrogen and oxygen atoms in total. The lowest BCUT2D eigenvalue weighted by Gasteiger charge is -2.07. The van der Waals surface area contributed by atoms with Gasteiger partial charge < -0.3 is 0 Å². The maximum atomic E-state index is 10.8. The summed E-state index contributed by atoms with van der Waals surface area (Å²) in [6, 6.07) is 0. The summed E-state index contributed by atoms with van der Waals surface area (Å²) >= 11 is 0. The van der Waals surface area contributed by atoms with Crippen molar-refractivity contribution >= 4 is 5.91 Å². The molecule has 0 radical (unpaired) electrons. The van der Waals surface area contributed by atoms with Gasteiger partial charge in [-0.3, -0.25) is 15.2 Å². The number of rotatable bonds is 3. The van der Waals surface area contributed by atoms with E-state index < -0.39 is 5.91 Å². The Morgan fingerprint density at radius 3 is 2.36 bits per heavy atom. The average molecular weight is 159 g/mol. The summed E-state index contributed by atoms with van der Waals surface area (Å²) in [6.07, 6.45) is 2.94. The van der Waals surface area contributed by atoms with Crippen molar-refractivity contribution < 1.29 is 15.2 Å². The third-order valence-electron chi connectivity index (χ3n) is 1.32. The number of carbonyl (C=O) groups excluding carboxylic acids is 1. The standard InChI is InChI=1S/C7H13NO3/c1-3-5-6(4-2)7(9)8(10)11/h4,10-11H,3,5H2,1-2H3/b6-4-. The summed E-state index contributed by atoms with van der Waals surface area (Å²) in [5.41, 5.74) is 0.414. The smallest absolute Gasteiger partial charge is 0.265 e. The van der Waals surface area contributed by atoms with Crippen molar-refractivity contribution in [2.24, 2.45) is 0 Å². The molecule has 0 aliphatic carbocycles. The molecule has 0 aromatic rings. The summed E-state index contributed by atoms with van der Waals surface area (Å²) in [4.78, 5) is 10.8. The molecule has 0 aromatic carbocycles. The second-order valence-corrected chi connectivity index (χ2v) is 2.16. The van der Waals surface area contributed by atoms with Crippen LogP contribution in [0.2, 0.25) is 0 Å². The van der Waals surface area contributed by atoms with E-state index in [4.69, 9.17) is 10.4 Å². The zero-order valence-electron chi connectivity index (χ0n) is 6.74. The predicted octanol–water partition coefficient (Wildman–Crippen LogP) is 1.34. The summed E-state index contributed by atoms with van der Waals surface area (Å²) in [7, 11) is 0. The molecule has 0 heterocycles. The van der Waals surface area contributed by atoms with Crippen LogP contribution in [0.3, 0.4) is 0 Å². The number of allylic oxidation sites excluding steroid dienone is 1. The van der Waals surface area contributed by atoms with Crippen molar-refractivity contribution in [3.05, 3.63) is 11.6 Å². The Morgan fingerprint density at radius 1 is 1.55 bits per heavy atom. The van der Waals surface area contributed by atoms with E-state index in [-0.39, 0.29) is 5.23 Å². The van der Waals surface area contributed by atoms with Gasteiger partial charge in [0, 0.05) is 5.57 Å². The zero-order chi connectivity index (χ0) is 8.85. The number of hydroxylamine groups is 2. The Hall–Kier alpha value is -0.870. The Balaban J connectivity index is 4.16. The average Bonchev–Trinajstić information content (AvgIpc) is 1.98. The Kier molecular flexibility index (Phi) is 4.49. The highest BCUT2D eigenvalue weighted by molar-refractivity contribution is 5.91. The van der Waals surface area contributed by atoms with Gasteiger partial charge in [-0.05, 0) is 13.3 Å². The highest BCUT2D eigenvalue weighted by atomic mass is 16.8. The summed E-state index contributed by atoms with van der Waals surface area (Å²) in [5, 5.41) is 16.3. The lowest BCUT2D eigenvalue weighted by Crippen LogP contribution is -2.24. The molecular weight excluding hydrogens is 146 g/mol. The van der Waals surface area contributed by atoms with E-state index in [9.17, 15) is 4.79 Å². The third-order valence-corrected chi connectivity index (χ3v) is 1.32. The van der Waals surface area contributed by atoms with E-state index in [1.54, 1.807) is 13.0 Å². The Morgan fingerprint density at radius 2 is 2.09 bits per heavy atom. The molecule has 0 aromatic heterocycles. The topological polar surface area (TPSA) is 60.8 Å². The summed E-state index contributed by atoms with van der Waals surface area (Å²) in [6.45, 7) is 3.60. The third kappa shape index (κ3) is 3.15. The van der Waals surface area contributed by atoms with Crippen LogP contribution in [-0.4, -0.2) is 21.5 Å². The molecule has 0 saturated heterocycles. The van der Waals surface area contributed by atoms with Crippen LogP contribution < -0.4 is 0 Å². The van der Waals surface area contributed by atoms with Crippen LogP contribution in [0.15, 0.2) is 11.6 Å². The van der Waals surface area contributed by atoms with E-state index in [1.165, 1.54) is 0 Å². The van der Waals surface area contributed by atoms with Crippen LogP contribution in [0.1, 0.15) is 26.7 Å². The van der Waals surface area contributed by atoms with Crippen LogP contribution in [0.25, 0.3) is 0 Å². The van der Waals surface area contributed by atoms with Gasteiger partial charge >= 0.3 is 0 Å². The highest BCUT2D eigenvalue weighted by Gasteiger charge is 2.12. The maximum Gasteiger partial charge on any atom is 0.299 e. The number of carbonyl (C=O) groups is 1. The largest absolute Gasteiger partial charge is 0.299 e. The van der Waals surface area contributed by atoms with Gasteiger partial charge in [0.25, 0.3) is 5.91 Å². The Labute approximate surface area is 65.7 Å². The van der Waals surface area contributed by atoms with Gasteiger partial charge in [0.15, 0.2) is 0 Å². The second kappa shape index (κ2) is 4.87. The van der Waals surface area contributed by atoms with Gasteiger partial charge in [-0.15, -0.1) is 0 Å². The number of amides is 1. The molecular formula is C7H13NO3. The fourth-order valence-electron chi connectivity index (χ4n) is 0.773. The highest BCUT2D eigenvalue weighted by Crippen LogP contribution is 2.06. The molecule has 0 rings (SSSR count). The van der Waals surface area contributed by atoms with Gasteiger partial charge in [0.2, 0.25) is 0 Å². The van der Waals surface area contributed by atoms with Crippen molar-refractivity contribution in [3.8, 4) is 0 Å². The van der Waals surface area contributed by atoms with Gasteiger partial charge in [-0.2, -0.15) is 0 Å². The fraction of sp³-hybridized carbons (Fsp3) is 0.571. The minimum atomic E-state index is -0.755. The zero-order valence-corrected chi connectivity index (χ0v) is 6.74. The molecule has 0 fully saturated rings. The lowest BCUT2D eigenvalue weighted by atomic mass is 10.1. The van der Waals surface area contributed by atoms with Gasteiger partial charge in [0.1, 0.15) is 0 Å². The first-order chi connectivity index (χ1) is 5.13. The summed E-state index contributed by atoms with van der Waals surface area (Å²) in [5.74, 6) is -0.755. The van der Waals surface area contributed by atoms with Gasteiger partial charge in [0.05, 0.1) is 0 Å². The van der Waals surface area contributed by atoms with Crippen molar-refractivity contribution in [1.29, 1.82) is 0 Å². The van der Waals surface area contributed by atoms with E-state index in [1.807, 2.05) is 6.92 Å². The van der Waals surface area contributed by atoms with Crippen LogP contribution in [0, 0.1) is 0 Å². The van der Waals surface area contributed by atoms with E-state index in [0.29, 0.717) is 12.0 Å². The minimum absolute atomic E-state index is 0.384. The fourth-order valence-corrected chi connectivity index (χ4v) is 0.773. The number of hydrogen-bond acceptors (Lipinski definition) is 3. The first kappa shape index (κ1) is 10.1. The quantitative estimate of drug-likeness (QED) is 0.371. The molecule has 0 aliphatic heterocycles. The molecule has 11 heavy (non-hydrogen) atoms. The molecule has 0 atom stereocenters. The second-order valence-electron chi connectivity index (χ2n) is 2.16. The van der Waals surface area contributed by atoms with Crippen LogP contribution >= 0.6 is 0 Å². The maximum absolute atomic E-state index is 10.8. The number of hydrogen-bond donors (Lipinski definition) is 2. The first-order valence-electron chi connectivity index (χ1n) is 3.50. The molecule has 0 unspecified atom stereocenters. The van der Waals surface area contributed by atoms with Crippen molar-refractivity contribution in [2.75, 3.05) is 0 Å². The molecule has 1 amide bonds. The molecule has 0 spiro atoms. The van der Waals surface area contributed by atoms with E-state index >= 15 is 0 Å². The van der Waals surface area contributed by atoms with Gasteiger partial charge in [-0.25, -0.2) is 0 Å². The van der Waals surface area contributed by atoms with Crippen LogP contribution in [-0.2, 0) is 4.79 Å². The van der Waals surface area contributed by atoms with E-state index in [0.717, 1.165) is 6.42 Å². The van der Waals surface area contributed by atoms with Crippen molar-refractivity contribution in [3.63, 3.8) is 0 Å². The monoisotopic (exact) mass is 159 g/mol.